The molecular weight excluding hydrogens is 392 g/mol. The lowest BCUT2D eigenvalue weighted by atomic mass is 9.82. The van der Waals surface area contributed by atoms with Crippen LogP contribution in [0.1, 0.15) is 24.0 Å². The van der Waals surface area contributed by atoms with E-state index in [9.17, 15) is 14.7 Å². The van der Waals surface area contributed by atoms with E-state index in [2.05, 4.69) is 23.4 Å². The summed E-state index contributed by atoms with van der Waals surface area (Å²) >= 11 is 0. The molecule has 0 radical (unpaired) electrons. The Morgan fingerprint density at radius 1 is 1.13 bits per heavy atom. The van der Waals surface area contributed by atoms with Crippen LogP contribution < -0.4 is 5.32 Å². The van der Waals surface area contributed by atoms with Crippen molar-refractivity contribution in [2.45, 2.75) is 18.9 Å². The standard InChI is InChI=1S/C25H28N2O4/c1-6-25(2,16-27(3,4)5)22(23(28)29)26-24(30)31-15-21-19-13-9-7-11-17(19)18-12-8-10-14-20(18)21/h1,7-14,21-22H,15-16H2,2-5H3,(H-,26,28,29,30)/p+1/t22-,25+/m1/s1. The Balaban J connectivity index is 1.75. The molecule has 0 aliphatic heterocycles. The molecule has 0 fully saturated rings. The SMILES string of the molecule is C#C[C@@](C)(C[N+](C)(C)C)[C@H](NC(=O)OCC1c2ccccc2-c2ccccc21)C(=O)O. The second kappa shape index (κ2) is 8.44. The van der Waals surface area contributed by atoms with Crippen molar-refractivity contribution in [1.82, 2.24) is 5.32 Å². The molecule has 0 saturated heterocycles. The number of carbonyl (C=O) groups is 2. The number of carboxylic acid groups (broad SMARTS) is 1. The lowest BCUT2D eigenvalue weighted by Crippen LogP contribution is -2.57. The maximum absolute atomic E-state index is 12.6. The minimum Gasteiger partial charge on any atom is -0.480 e. The first-order valence-corrected chi connectivity index (χ1v) is 10.2. The number of carboxylic acids is 1. The molecular formula is C25H29N2O4+. The monoisotopic (exact) mass is 421 g/mol. The Morgan fingerprint density at radius 3 is 2.10 bits per heavy atom. The highest BCUT2D eigenvalue weighted by atomic mass is 16.5. The first-order valence-electron chi connectivity index (χ1n) is 10.2. The zero-order valence-electron chi connectivity index (χ0n) is 18.4. The van der Waals surface area contributed by atoms with Crippen LogP contribution in [0, 0.1) is 17.8 Å². The summed E-state index contributed by atoms with van der Waals surface area (Å²) in [5.74, 6) is 1.28. The first kappa shape index (κ1) is 22.4. The number of ether oxygens (including phenoxy) is 1. The molecule has 3 rings (SSSR count). The molecule has 31 heavy (non-hydrogen) atoms. The van der Waals surface area contributed by atoms with Crippen LogP contribution in [0.5, 0.6) is 0 Å². The van der Waals surface area contributed by atoms with Crippen LogP contribution in [0.25, 0.3) is 11.1 Å². The van der Waals surface area contributed by atoms with Crippen molar-refractivity contribution in [2.24, 2.45) is 5.41 Å². The van der Waals surface area contributed by atoms with Gasteiger partial charge in [-0.05, 0) is 29.2 Å². The predicted molar refractivity (Wildman–Crippen MR) is 119 cm³/mol. The summed E-state index contributed by atoms with van der Waals surface area (Å²) in [5, 5.41) is 12.2. The van der Waals surface area contributed by atoms with E-state index in [1.807, 2.05) is 57.5 Å². The maximum Gasteiger partial charge on any atom is 0.407 e. The molecule has 2 N–H and O–H groups in total. The van der Waals surface area contributed by atoms with Crippen molar-refractivity contribution < 1.29 is 23.9 Å². The summed E-state index contributed by atoms with van der Waals surface area (Å²) in [5.41, 5.74) is 3.33. The van der Waals surface area contributed by atoms with Gasteiger partial charge in [-0.15, -0.1) is 6.42 Å². The predicted octanol–water partition coefficient (Wildman–Crippen LogP) is 3.32. The van der Waals surface area contributed by atoms with Gasteiger partial charge in [0.1, 0.15) is 12.0 Å². The van der Waals surface area contributed by atoms with E-state index in [4.69, 9.17) is 11.2 Å². The second-order valence-electron chi connectivity index (χ2n) is 9.25. The summed E-state index contributed by atoms with van der Waals surface area (Å²) in [6, 6.07) is 14.8. The number of rotatable bonds is 7. The number of terminal acetylenes is 1. The van der Waals surface area contributed by atoms with Crippen LogP contribution in [0.3, 0.4) is 0 Å². The molecule has 0 unspecified atom stereocenters. The molecule has 1 aliphatic carbocycles. The number of aliphatic carboxylic acids is 1. The molecule has 2 aromatic carbocycles. The number of hydrogen-bond donors (Lipinski definition) is 2. The Hall–Kier alpha value is -3.30. The van der Waals surface area contributed by atoms with Gasteiger partial charge in [0.2, 0.25) is 0 Å². The van der Waals surface area contributed by atoms with Crippen molar-refractivity contribution in [3.05, 3.63) is 59.7 Å². The molecule has 0 aromatic heterocycles. The molecule has 2 atom stereocenters. The lowest BCUT2D eigenvalue weighted by molar-refractivity contribution is -0.876. The third-order valence-corrected chi connectivity index (χ3v) is 5.62. The fraction of sp³-hybridized carbons (Fsp3) is 0.360. The van der Waals surface area contributed by atoms with Gasteiger partial charge in [0.25, 0.3) is 0 Å². The van der Waals surface area contributed by atoms with Gasteiger partial charge in [-0.25, -0.2) is 9.59 Å². The average Bonchev–Trinajstić information content (AvgIpc) is 3.03. The van der Waals surface area contributed by atoms with E-state index >= 15 is 0 Å². The lowest BCUT2D eigenvalue weighted by Gasteiger charge is -2.36. The quantitative estimate of drug-likeness (QED) is 0.531. The maximum atomic E-state index is 12.6. The number of hydrogen-bond acceptors (Lipinski definition) is 3. The molecule has 0 heterocycles. The average molecular weight is 422 g/mol. The number of nitrogens with one attached hydrogen (secondary N) is 1. The van der Waals surface area contributed by atoms with Crippen LogP contribution in [0.2, 0.25) is 0 Å². The van der Waals surface area contributed by atoms with Gasteiger partial charge in [0.15, 0.2) is 6.04 Å². The Labute approximate surface area is 183 Å². The summed E-state index contributed by atoms with van der Waals surface area (Å²) in [4.78, 5) is 24.5. The summed E-state index contributed by atoms with van der Waals surface area (Å²) < 4.78 is 5.96. The Bertz CT molecular complexity index is 989. The van der Waals surface area contributed by atoms with E-state index in [0.29, 0.717) is 11.0 Å². The molecule has 162 valence electrons. The highest BCUT2D eigenvalue weighted by Gasteiger charge is 2.43. The van der Waals surface area contributed by atoms with Crippen molar-refractivity contribution in [3.63, 3.8) is 0 Å². The van der Waals surface area contributed by atoms with Crippen LogP contribution in [-0.2, 0) is 9.53 Å². The summed E-state index contributed by atoms with van der Waals surface area (Å²) in [6.07, 6.45) is 4.90. The fourth-order valence-electron chi connectivity index (χ4n) is 4.46. The van der Waals surface area contributed by atoms with Crippen LogP contribution in [0.4, 0.5) is 4.79 Å². The van der Waals surface area contributed by atoms with Gasteiger partial charge >= 0.3 is 12.1 Å². The normalized spacial score (nSPS) is 15.7. The fourth-order valence-corrected chi connectivity index (χ4v) is 4.46. The number of carbonyl (C=O) groups excluding carboxylic acids is 1. The molecule has 2 aromatic rings. The van der Waals surface area contributed by atoms with Crippen LogP contribution in [0.15, 0.2) is 48.5 Å². The van der Waals surface area contributed by atoms with Crippen molar-refractivity contribution >= 4 is 12.1 Å². The van der Waals surface area contributed by atoms with Crippen molar-refractivity contribution in [3.8, 4) is 23.5 Å². The zero-order valence-corrected chi connectivity index (χ0v) is 18.4. The second-order valence-corrected chi connectivity index (χ2v) is 9.25. The number of nitrogens with zero attached hydrogens (tertiary/aromatic N) is 1. The smallest absolute Gasteiger partial charge is 0.407 e. The number of benzene rings is 2. The number of quaternary nitrogens is 1. The minimum absolute atomic E-state index is 0.105. The molecule has 6 nitrogen and oxygen atoms in total. The molecule has 0 spiro atoms. The Morgan fingerprint density at radius 2 is 1.65 bits per heavy atom. The van der Waals surface area contributed by atoms with E-state index in [1.165, 1.54) is 0 Å². The van der Waals surface area contributed by atoms with Gasteiger partial charge in [-0.1, -0.05) is 54.5 Å². The van der Waals surface area contributed by atoms with E-state index in [1.54, 1.807) is 6.92 Å². The number of alkyl carbamates (subject to hydrolysis) is 1. The zero-order chi connectivity index (χ0) is 22.8. The highest BCUT2D eigenvalue weighted by molar-refractivity contribution is 5.82. The van der Waals surface area contributed by atoms with E-state index in [-0.39, 0.29) is 12.5 Å². The number of fused-ring (bicyclic) bond motifs is 3. The third-order valence-electron chi connectivity index (χ3n) is 5.62. The molecule has 1 amide bonds. The van der Waals surface area contributed by atoms with Gasteiger partial charge < -0.3 is 19.6 Å². The molecule has 0 saturated carbocycles. The molecule has 0 bridgehead atoms. The van der Waals surface area contributed by atoms with Gasteiger partial charge in [0, 0.05) is 5.92 Å². The first-order chi connectivity index (χ1) is 14.6. The summed E-state index contributed by atoms with van der Waals surface area (Å²) in [6.45, 7) is 2.14. The van der Waals surface area contributed by atoms with Gasteiger partial charge in [-0.2, -0.15) is 0 Å². The van der Waals surface area contributed by atoms with Gasteiger partial charge in [-0.3, -0.25) is 0 Å². The van der Waals surface area contributed by atoms with Crippen molar-refractivity contribution in [1.29, 1.82) is 0 Å². The minimum atomic E-state index is -1.27. The van der Waals surface area contributed by atoms with Crippen LogP contribution in [-0.4, -0.2) is 62.0 Å². The topological polar surface area (TPSA) is 75.6 Å². The highest BCUT2D eigenvalue weighted by Crippen LogP contribution is 2.44. The molecule has 6 heteroatoms. The van der Waals surface area contributed by atoms with E-state index < -0.39 is 23.5 Å². The van der Waals surface area contributed by atoms with Gasteiger partial charge in [0.05, 0.1) is 27.7 Å². The largest absolute Gasteiger partial charge is 0.480 e. The summed E-state index contributed by atoms with van der Waals surface area (Å²) in [7, 11) is 5.76. The van der Waals surface area contributed by atoms with Crippen LogP contribution >= 0.6 is 0 Å². The number of amides is 1. The third kappa shape index (κ3) is 4.73. The van der Waals surface area contributed by atoms with E-state index in [0.717, 1.165) is 22.3 Å². The Kier molecular flexibility index (Phi) is 6.10. The molecule has 1 aliphatic rings. The van der Waals surface area contributed by atoms with Crippen molar-refractivity contribution in [2.75, 3.05) is 34.3 Å².